The van der Waals surface area contributed by atoms with E-state index >= 15 is 0 Å². The van der Waals surface area contributed by atoms with E-state index in [4.69, 9.17) is 4.74 Å². The summed E-state index contributed by atoms with van der Waals surface area (Å²) in [7, 11) is 0. The fraction of sp³-hybridized carbons (Fsp3) is 0.400. The van der Waals surface area contributed by atoms with E-state index < -0.39 is 0 Å². The minimum Gasteiger partial charge on any atom is -0.487 e. The zero-order valence-electron chi connectivity index (χ0n) is 13.9. The smallest absolute Gasteiger partial charge is 0.124 e. The lowest BCUT2D eigenvalue weighted by molar-refractivity contribution is 0.0657. The van der Waals surface area contributed by atoms with Crippen LogP contribution in [0.15, 0.2) is 42.5 Å². The molecule has 1 heterocycles. The summed E-state index contributed by atoms with van der Waals surface area (Å²) in [6.07, 6.45) is 0.981. The Bertz CT molecular complexity index is 658. The van der Waals surface area contributed by atoms with Crippen molar-refractivity contribution in [3.05, 3.63) is 64.7 Å². The van der Waals surface area contributed by atoms with Crippen molar-refractivity contribution in [2.45, 2.75) is 52.3 Å². The maximum absolute atomic E-state index is 6.13. The molecule has 0 aromatic heterocycles. The zero-order chi connectivity index (χ0) is 15.7. The van der Waals surface area contributed by atoms with Gasteiger partial charge in [-0.25, -0.2) is 0 Å². The molecule has 2 heteroatoms. The van der Waals surface area contributed by atoms with Gasteiger partial charge in [0.15, 0.2) is 0 Å². The SMILES string of the molecule is Cc1ccc(CNC2CC(C)(C)Oc3ccc(C)cc32)cc1. The van der Waals surface area contributed by atoms with E-state index in [2.05, 4.69) is 75.5 Å². The molecule has 1 N–H and O–H groups in total. The average Bonchev–Trinajstić information content (AvgIpc) is 2.46. The highest BCUT2D eigenvalue weighted by Crippen LogP contribution is 2.39. The van der Waals surface area contributed by atoms with Gasteiger partial charge in [0.2, 0.25) is 0 Å². The minimum absolute atomic E-state index is 0.132. The summed E-state index contributed by atoms with van der Waals surface area (Å²) in [6, 6.07) is 15.5. The largest absolute Gasteiger partial charge is 0.487 e. The van der Waals surface area contributed by atoms with Gasteiger partial charge in [0.1, 0.15) is 11.4 Å². The summed E-state index contributed by atoms with van der Waals surface area (Å²) in [6.45, 7) is 9.47. The van der Waals surface area contributed by atoms with E-state index in [1.54, 1.807) is 0 Å². The second-order valence-corrected chi connectivity index (χ2v) is 7.03. The minimum atomic E-state index is -0.132. The molecule has 0 aliphatic carbocycles. The molecule has 2 aromatic carbocycles. The molecule has 1 aliphatic heterocycles. The predicted molar refractivity (Wildman–Crippen MR) is 91.3 cm³/mol. The molecule has 0 saturated carbocycles. The molecule has 1 unspecified atom stereocenters. The first-order chi connectivity index (χ1) is 10.4. The lowest BCUT2D eigenvalue weighted by Crippen LogP contribution is -2.39. The van der Waals surface area contributed by atoms with Gasteiger partial charge in [-0.1, -0.05) is 47.5 Å². The van der Waals surface area contributed by atoms with Gasteiger partial charge in [-0.05, 0) is 39.3 Å². The highest BCUT2D eigenvalue weighted by molar-refractivity contribution is 5.41. The molecule has 0 fully saturated rings. The van der Waals surface area contributed by atoms with E-state index in [-0.39, 0.29) is 5.60 Å². The second kappa shape index (κ2) is 5.77. The Kier molecular flexibility index (Phi) is 3.96. The number of hydrogen-bond donors (Lipinski definition) is 1. The summed E-state index contributed by atoms with van der Waals surface area (Å²) >= 11 is 0. The van der Waals surface area contributed by atoms with Crippen molar-refractivity contribution in [3.8, 4) is 5.75 Å². The highest BCUT2D eigenvalue weighted by Gasteiger charge is 2.33. The molecule has 0 bridgehead atoms. The molecule has 116 valence electrons. The number of hydrogen-bond acceptors (Lipinski definition) is 2. The number of aryl methyl sites for hydroxylation is 2. The molecule has 0 saturated heterocycles. The van der Waals surface area contributed by atoms with E-state index in [0.29, 0.717) is 6.04 Å². The molecule has 2 aromatic rings. The van der Waals surface area contributed by atoms with Crippen LogP contribution in [0.1, 0.15) is 48.6 Å². The van der Waals surface area contributed by atoms with Crippen LogP contribution in [0.25, 0.3) is 0 Å². The number of ether oxygens (including phenoxy) is 1. The summed E-state index contributed by atoms with van der Waals surface area (Å²) in [5.41, 5.74) is 5.06. The van der Waals surface area contributed by atoms with Crippen LogP contribution in [0, 0.1) is 13.8 Å². The van der Waals surface area contributed by atoms with Crippen molar-refractivity contribution in [2.75, 3.05) is 0 Å². The fourth-order valence-corrected chi connectivity index (χ4v) is 3.10. The van der Waals surface area contributed by atoms with Crippen LogP contribution in [0.3, 0.4) is 0 Å². The topological polar surface area (TPSA) is 21.3 Å². The van der Waals surface area contributed by atoms with Gasteiger partial charge in [-0.2, -0.15) is 0 Å². The highest BCUT2D eigenvalue weighted by atomic mass is 16.5. The Labute approximate surface area is 133 Å². The van der Waals surface area contributed by atoms with Crippen LogP contribution in [-0.4, -0.2) is 5.60 Å². The van der Waals surface area contributed by atoms with Crippen molar-refractivity contribution in [1.29, 1.82) is 0 Å². The van der Waals surface area contributed by atoms with E-state index in [1.165, 1.54) is 22.3 Å². The van der Waals surface area contributed by atoms with Crippen molar-refractivity contribution < 1.29 is 4.74 Å². The molecule has 1 atom stereocenters. The van der Waals surface area contributed by atoms with Crippen LogP contribution < -0.4 is 10.1 Å². The van der Waals surface area contributed by atoms with Gasteiger partial charge < -0.3 is 10.1 Å². The Morgan fingerprint density at radius 3 is 2.45 bits per heavy atom. The number of nitrogens with one attached hydrogen (secondary N) is 1. The standard InChI is InChI=1S/C20H25NO/c1-14-5-8-16(9-6-14)13-21-18-12-20(3,4)22-19-10-7-15(2)11-17(18)19/h5-11,18,21H,12-13H2,1-4H3. The molecule has 0 radical (unpaired) electrons. The molecule has 22 heavy (non-hydrogen) atoms. The molecule has 3 rings (SSSR count). The van der Waals surface area contributed by atoms with Crippen molar-refractivity contribution in [1.82, 2.24) is 5.32 Å². The first-order valence-electron chi connectivity index (χ1n) is 8.01. The third kappa shape index (κ3) is 3.33. The van der Waals surface area contributed by atoms with E-state index in [9.17, 15) is 0 Å². The van der Waals surface area contributed by atoms with Crippen LogP contribution in [0.4, 0.5) is 0 Å². The van der Waals surface area contributed by atoms with Crippen molar-refractivity contribution in [2.24, 2.45) is 0 Å². The van der Waals surface area contributed by atoms with Gasteiger partial charge in [-0.3, -0.25) is 0 Å². The summed E-state index contributed by atoms with van der Waals surface area (Å²) in [4.78, 5) is 0. The monoisotopic (exact) mass is 295 g/mol. The number of fused-ring (bicyclic) bond motifs is 1. The van der Waals surface area contributed by atoms with E-state index in [0.717, 1.165) is 18.7 Å². The Balaban J connectivity index is 1.80. The maximum atomic E-state index is 6.13. The van der Waals surface area contributed by atoms with Crippen LogP contribution in [0.2, 0.25) is 0 Å². The second-order valence-electron chi connectivity index (χ2n) is 7.03. The molecule has 2 nitrogen and oxygen atoms in total. The van der Waals surface area contributed by atoms with E-state index in [1.807, 2.05) is 0 Å². The van der Waals surface area contributed by atoms with Crippen molar-refractivity contribution >= 4 is 0 Å². The Hall–Kier alpha value is -1.80. The average molecular weight is 295 g/mol. The summed E-state index contributed by atoms with van der Waals surface area (Å²) in [5, 5.41) is 3.72. The normalized spacial score (nSPS) is 19.4. The van der Waals surface area contributed by atoms with Gasteiger partial charge in [0, 0.05) is 24.6 Å². The summed E-state index contributed by atoms with van der Waals surface area (Å²) in [5.74, 6) is 1.02. The number of rotatable bonds is 3. The predicted octanol–water partition coefficient (Wildman–Crippen LogP) is 4.70. The number of benzene rings is 2. The molecule has 0 spiro atoms. The molecule has 1 aliphatic rings. The van der Waals surface area contributed by atoms with Crippen molar-refractivity contribution in [3.63, 3.8) is 0 Å². The zero-order valence-corrected chi connectivity index (χ0v) is 13.9. The van der Waals surface area contributed by atoms with Gasteiger partial charge in [0.25, 0.3) is 0 Å². The fourth-order valence-electron chi connectivity index (χ4n) is 3.10. The third-order valence-electron chi connectivity index (χ3n) is 4.30. The molecule has 0 amide bonds. The van der Waals surface area contributed by atoms with Crippen LogP contribution >= 0.6 is 0 Å². The molecular weight excluding hydrogens is 270 g/mol. The Morgan fingerprint density at radius 2 is 1.73 bits per heavy atom. The van der Waals surface area contributed by atoms with Gasteiger partial charge >= 0.3 is 0 Å². The lowest BCUT2D eigenvalue weighted by Gasteiger charge is -2.38. The third-order valence-corrected chi connectivity index (χ3v) is 4.30. The maximum Gasteiger partial charge on any atom is 0.124 e. The summed E-state index contributed by atoms with van der Waals surface area (Å²) < 4.78 is 6.13. The van der Waals surface area contributed by atoms with Gasteiger partial charge in [0.05, 0.1) is 0 Å². The quantitative estimate of drug-likeness (QED) is 0.886. The van der Waals surface area contributed by atoms with Crippen LogP contribution in [-0.2, 0) is 6.54 Å². The van der Waals surface area contributed by atoms with Crippen LogP contribution in [0.5, 0.6) is 5.75 Å². The lowest BCUT2D eigenvalue weighted by atomic mass is 9.89. The first-order valence-corrected chi connectivity index (χ1v) is 8.01. The Morgan fingerprint density at radius 1 is 1.05 bits per heavy atom. The van der Waals surface area contributed by atoms with Gasteiger partial charge in [-0.15, -0.1) is 0 Å². The first kappa shape index (κ1) is 15.1. The molecular formula is C20H25NO.